The van der Waals surface area contributed by atoms with Gasteiger partial charge in [0.15, 0.2) is 0 Å². The van der Waals surface area contributed by atoms with Crippen molar-refractivity contribution in [1.82, 2.24) is 5.32 Å². The minimum Gasteiger partial charge on any atom is -0.379 e. The number of hydrogen-bond acceptors (Lipinski definition) is 2. The summed E-state index contributed by atoms with van der Waals surface area (Å²) in [5.74, 6) is 0.694. The highest BCUT2D eigenvalue weighted by atomic mass is 35.5. The molecule has 1 aromatic carbocycles. The minimum absolute atomic E-state index is 0.217. The number of rotatable bonds is 2. The Balaban J connectivity index is 1.94. The van der Waals surface area contributed by atoms with Crippen LogP contribution < -0.4 is 5.32 Å². The number of hydrogen-bond donors (Lipinski definition) is 1. The molecule has 2 saturated heterocycles. The normalized spacial score (nSPS) is 27.7. The zero-order valence-electron chi connectivity index (χ0n) is 9.21. The summed E-state index contributed by atoms with van der Waals surface area (Å²) in [4.78, 5) is 0. The van der Waals surface area contributed by atoms with Crippen LogP contribution >= 0.6 is 11.6 Å². The fourth-order valence-electron chi connectivity index (χ4n) is 2.88. The van der Waals surface area contributed by atoms with Crippen LogP contribution in [0.5, 0.6) is 0 Å². The maximum absolute atomic E-state index is 6.08. The second-order valence-electron chi connectivity index (χ2n) is 4.85. The van der Waals surface area contributed by atoms with Gasteiger partial charge in [0.25, 0.3) is 0 Å². The maximum atomic E-state index is 6.08. The molecule has 16 heavy (non-hydrogen) atoms. The average Bonchev–Trinajstić information content (AvgIpc) is 2.70. The zero-order valence-corrected chi connectivity index (χ0v) is 9.96. The molecular weight excluding hydrogens is 222 g/mol. The first-order valence-corrected chi connectivity index (χ1v) is 6.24. The fraction of sp³-hybridized carbons (Fsp3) is 0.538. The van der Waals surface area contributed by atoms with Crippen molar-refractivity contribution in [3.63, 3.8) is 0 Å². The van der Waals surface area contributed by atoms with E-state index in [0.29, 0.717) is 5.92 Å². The summed E-state index contributed by atoms with van der Waals surface area (Å²) in [5, 5.41) is 4.27. The highest BCUT2D eigenvalue weighted by Crippen LogP contribution is 2.42. The van der Waals surface area contributed by atoms with Crippen molar-refractivity contribution in [1.29, 1.82) is 0 Å². The predicted octanol–water partition coefficient (Wildman–Crippen LogP) is 2.22. The van der Waals surface area contributed by atoms with E-state index in [1.807, 2.05) is 12.1 Å². The van der Waals surface area contributed by atoms with Gasteiger partial charge in [-0.05, 0) is 43.1 Å². The lowest BCUT2D eigenvalue weighted by molar-refractivity contribution is -0.0869. The van der Waals surface area contributed by atoms with Crippen LogP contribution in [0, 0.1) is 5.92 Å². The molecule has 0 saturated carbocycles. The first-order valence-electron chi connectivity index (χ1n) is 5.86. The molecule has 3 rings (SSSR count). The summed E-state index contributed by atoms with van der Waals surface area (Å²) in [5.41, 5.74) is 1.56. The van der Waals surface area contributed by atoms with Gasteiger partial charge in [-0.1, -0.05) is 23.7 Å². The van der Waals surface area contributed by atoms with E-state index < -0.39 is 0 Å². The average molecular weight is 238 g/mol. The molecule has 2 nitrogen and oxygen atoms in total. The Morgan fingerprint density at radius 1 is 1.38 bits per heavy atom. The topological polar surface area (TPSA) is 21.3 Å². The van der Waals surface area contributed by atoms with E-state index in [-0.39, 0.29) is 5.41 Å². The molecule has 0 radical (unpaired) electrons. The highest BCUT2D eigenvalue weighted by Gasteiger charge is 2.47. The van der Waals surface area contributed by atoms with Gasteiger partial charge in [-0.25, -0.2) is 0 Å². The van der Waals surface area contributed by atoms with Crippen LogP contribution in [0.2, 0.25) is 5.02 Å². The van der Waals surface area contributed by atoms with Gasteiger partial charge in [0, 0.05) is 10.4 Å². The molecular formula is C13H16ClNO. The van der Waals surface area contributed by atoms with Gasteiger partial charge in [0.05, 0.1) is 13.2 Å². The number of nitrogens with one attached hydrogen (secondary N) is 1. The third kappa shape index (κ3) is 1.56. The summed E-state index contributed by atoms with van der Waals surface area (Å²) < 4.78 is 5.47. The second-order valence-corrected chi connectivity index (χ2v) is 5.29. The Morgan fingerprint density at radius 3 is 2.81 bits per heavy atom. The van der Waals surface area contributed by atoms with Crippen molar-refractivity contribution in [2.75, 3.05) is 26.3 Å². The Morgan fingerprint density at radius 2 is 2.25 bits per heavy atom. The molecule has 2 heterocycles. The van der Waals surface area contributed by atoms with E-state index in [0.717, 1.165) is 31.3 Å². The van der Waals surface area contributed by atoms with Gasteiger partial charge in [-0.3, -0.25) is 0 Å². The molecule has 2 aliphatic rings. The molecule has 0 bridgehead atoms. The summed E-state index contributed by atoms with van der Waals surface area (Å²) >= 11 is 6.08. The highest BCUT2D eigenvalue weighted by molar-refractivity contribution is 6.30. The molecule has 1 aromatic rings. The maximum Gasteiger partial charge on any atom is 0.0588 e. The van der Waals surface area contributed by atoms with Crippen molar-refractivity contribution in [3.8, 4) is 0 Å². The summed E-state index contributed by atoms with van der Waals surface area (Å²) in [6.45, 7) is 3.93. The van der Waals surface area contributed by atoms with Gasteiger partial charge in [-0.2, -0.15) is 0 Å². The summed E-state index contributed by atoms with van der Waals surface area (Å²) in [6.07, 6.45) is 1.25. The molecule has 1 atom stereocenters. The second kappa shape index (κ2) is 4.02. The fourth-order valence-corrected chi connectivity index (χ4v) is 3.07. The van der Waals surface area contributed by atoms with Gasteiger partial charge < -0.3 is 10.1 Å². The van der Waals surface area contributed by atoms with Crippen LogP contribution in [0.25, 0.3) is 0 Å². The lowest BCUT2D eigenvalue weighted by Gasteiger charge is -2.46. The zero-order chi connectivity index (χ0) is 11.0. The van der Waals surface area contributed by atoms with E-state index in [2.05, 4.69) is 17.4 Å². The molecule has 86 valence electrons. The summed E-state index contributed by atoms with van der Waals surface area (Å²) in [6, 6.07) is 8.26. The van der Waals surface area contributed by atoms with Crippen LogP contribution in [0.15, 0.2) is 24.3 Å². The monoisotopic (exact) mass is 237 g/mol. The van der Waals surface area contributed by atoms with Gasteiger partial charge in [0.1, 0.15) is 0 Å². The van der Waals surface area contributed by atoms with Crippen molar-refractivity contribution < 1.29 is 4.74 Å². The standard InChI is InChI=1S/C13H16ClNO/c14-12-3-1-2-10(6-12)13(8-16-9-13)11-4-5-15-7-11/h1-3,6,11,15H,4-5,7-9H2. The Bertz CT molecular complexity index is 383. The molecule has 3 heteroatoms. The first-order chi connectivity index (χ1) is 7.81. The predicted molar refractivity (Wildman–Crippen MR) is 64.9 cm³/mol. The smallest absolute Gasteiger partial charge is 0.0588 e. The molecule has 2 fully saturated rings. The quantitative estimate of drug-likeness (QED) is 0.852. The van der Waals surface area contributed by atoms with Gasteiger partial charge in [0.2, 0.25) is 0 Å². The Labute approximate surface area is 101 Å². The molecule has 0 aliphatic carbocycles. The van der Waals surface area contributed by atoms with Crippen LogP contribution in [0.3, 0.4) is 0 Å². The first kappa shape index (κ1) is 10.6. The van der Waals surface area contributed by atoms with E-state index in [9.17, 15) is 0 Å². The van der Waals surface area contributed by atoms with Crippen molar-refractivity contribution in [2.24, 2.45) is 5.92 Å². The molecule has 0 aromatic heterocycles. The number of halogens is 1. The summed E-state index contributed by atoms with van der Waals surface area (Å²) in [7, 11) is 0. The van der Waals surface area contributed by atoms with E-state index in [4.69, 9.17) is 16.3 Å². The van der Waals surface area contributed by atoms with Crippen molar-refractivity contribution in [3.05, 3.63) is 34.9 Å². The largest absolute Gasteiger partial charge is 0.379 e. The third-order valence-electron chi connectivity index (χ3n) is 3.96. The molecule has 1 N–H and O–H groups in total. The van der Waals surface area contributed by atoms with Crippen LogP contribution in [-0.4, -0.2) is 26.3 Å². The van der Waals surface area contributed by atoms with Crippen LogP contribution in [0.1, 0.15) is 12.0 Å². The Kier molecular flexibility index (Phi) is 2.66. The molecule has 0 amide bonds. The molecule has 1 unspecified atom stereocenters. The van der Waals surface area contributed by atoms with Gasteiger partial charge in [-0.15, -0.1) is 0 Å². The third-order valence-corrected chi connectivity index (χ3v) is 4.20. The van der Waals surface area contributed by atoms with Crippen molar-refractivity contribution >= 4 is 11.6 Å². The molecule has 0 spiro atoms. The van der Waals surface area contributed by atoms with E-state index in [1.54, 1.807) is 0 Å². The van der Waals surface area contributed by atoms with Crippen LogP contribution in [-0.2, 0) is 10.2 Å². The van der Waals surface area contributed by atoms with Gasteiger partial charge >= 0.3 is 0 Å². The van der Waals surface area contributed by atoms with E-state index in [1.165, 1.54) is 12.0 Å². The lowest BCUT2D eigenvalue weighted by atomic mass is 9.68. The number of benzene rings is 1. The SMILES string of the molecule is Clc1cccc(C2(C3CCNC3)COC2)c1. The van der Waals surface area contributed by atoms with E-state index >= 15 is 0 Å². The van der Waals surface area contributed by atoms with Crippen LogP contribution in [0.4, 0.5) is 0 Å². The lowest BCUT2D eigenvalue weighted by Crippen LogP contribution is -2.53. The van der Waals surface area contributed by atoms with Crippen molar-refractivity contribution in [2.45, 2.75) is 11.8 Å². The molecule has 2 aliphatic heterocycles. The Hall–Kier alpha value is -0.570. The minimum atomic E-state index is 0.217. The number of ether oxygens (including phenoxy) is 1.